The van der Waals surface area contributed by atoms with Crippen molar-refractivity contribution >= 4 is 26.7 Å². The summed E-state index contributed by atoms with van der Waals surface area (Å²) in [6.45, 7) is 12.9. The van der Waals surface area contributed by atoms with Gasteiger partial charge < -0.3 is 0 Å². The largest absolute Gasteiger partial charge is 0.263 e. The lowest BCUT2D eigenvalue weighted by atomic mass is 10.5. The van der Waals surface area contributed by atoms with Crippen molar-refractivity contribution in [3.63, 3.8) is 0 Å². The van der Waals surface area contributed by atoms with Crippen molar-refractivity contribution in [3.8, 4) is 0 Å². The fraction of sp³-hybridized carbons (Fsp3) is 0.545. The molecule has 0 aliphatic carbocycles. The predicted molar refractivity (Wildman–Crippen MR) is 70.2 cm³/mol. The second-order valence-electron chi connectivity index (χ2n) is 6.02. The van der Waals surface area contributed by atoms with Crippen molar-refractivity contribution in [2.45, 2.75) is 39.3 Å². The van der Waals surface area contributed by atoms with E-state index in [4.69, 9.17) is 0 Å². The summed E-state index contributed by atoms with van der Waals surface area (Å²) < 4.78 is 14.3. The Kier molecular flexibility index (Phi) is 3.21. The van der Waals surface area contributed by atoms with Crippen LogP contribution in [0.2, 0.25) is 39.3 Å². The molecule has 0 atom stereocenters. The Morgan fingerprint density at radius 3 is 1.93 bits per heavy atom. The minimum atomic E-state index is -1.65. The summed E-state index contributed by atoms with van der Waals surface area (Å²) in [7, 11) is -3.23. The van der Waals surface area contributed by atoms with Crippen molar-refractivity contribution in [1.29, 1.82) is 0 Å². The third-order valence-electron chi connectivity index (χ3n) is 2.41. The minimum absolute atomic E-state index is 0.0316. The molecule has 0 saturated carbocycles. The van der Waals surface area contributed by atoms with Crippen molar-refractivity contribution in [2.24, 2.45) is 0 Å². The molecule has 4 heteroatoms. The highest BCUT2D eigenvalue weighted by Crippen LogP contribution is 2.07. The van der Waals surface area contributed by atoms with Crippen molar-refractivity contribution in [1.82, 2.24) is 4.98 Å². The highest BCUT2D eigenvalue weighted by Gasteiger charge is 2.28. The maximum atomic E-state index is 14.3. The second kappa shape index (κ2) is 3.83. The van der Waals surface area contributed by atoms with Gasteiger partial charge in [0.25, 0.3) is 0 Å². The number of aromatic nitrogens is 1. The average molecular weight is 241 g/mol. The first kappa shape index (κ1) is 12.6. The highest BCUT2D eigenvalue weighted by atomic mass is 28.3. The van der Waals surface area contributed by atoms with Gasteiger partial charge in [0.15, 0.2) is 0 Å². The molecular weight excluding hydrogens is 221 g/mol. The lowest BCUT2D eigenvalue weighted by Gasteiger charge is -2.22. The summed E-state index contributed by atoms with van der Waals surface area (Å²) >= 11 is 0. The van der Waals surface area contributed by atoms with Crippen LogP contribution in [0.1, 0.15) is 0 Å². The molecule has 84 valence electrons. The third-order valence-corrected chi connectivity index (χ3v) is 6.18. The molecule has 0 aliphatic rings. The molecule has 1 aromatic heterocycles. The zero-order valence-corrected chi connectivity index (χ0v) is 12.5. The van der Waals surface area contributed by atoms with E-state index in [0.717, 1.165) is 10.5 Å². The second-order valence-corrected chi connectivity index (χ2v) is 16.0. The number of halogens is 1. The number of pyridine rings is 1. The molecule has 15 heavy (non-hydrogen) atoms. The Labute approximate surface area is 93.8 Å². The highest BCUT2D eigenvalue weighted by molar-refractivity contribution is 6.91. The van der Waals surface area contributed by atoms with Crippen molar-refractivity contribution in [3.05, 3.63) is 18.1 Å². The molecule has 0 unspecified atom stereocenters. The van der Waals surface area contributed by atoms with Crippen LogP contribution in [0.25, 0.3) is 0 Å². The summed E-state index contributed by atoms with van der Waals surface area (Å²) in [5, 5.41) is 1.64. The maximum absolute atomic E-state index is 14.3. The van der Waals surface area contributed by atoms with E-state index < -0.39 is 16.1 Å². The van der Waals surface area contributed by atoms with Crippen LogP contribution in [0.3, 0.4) is 0 Å². The number of rotatable bonds is 2. The lowest BCUT2D eigenvalue weighted by molar-refractivity contribution is 0.637. The summed E-state index contributed by atoms with van der Waals surface area (Å²) in [6.07, 6.45) is 1.77. The maximum Gasteiger partial charge on any atom is 0.139 e. The zero-order chi connectivity index (χ0) is 11.9. The van der Waals surface area contributed by atoms with Gasteiger partial charge in [0, 0.05) is 6.20 Å². The monoisotopic (exact) mass is 241 g/mol. The number of hydrogen-bond donors (Lipinski definition) is 0. The molecule has 0 aliphatic heterocycles. The van der Waals surface area contributed by atoms with Gasteiger partial charge in [-0.15, -0.1) is 0 Å². The van der Waals surface area contributed by atoms with Crippen molar-refractivity contribution < 1.29 is 4.39 Å². The molecule has 0 radical (unpaired) electrons. The third kappa shape index (κ3) is 2.75. The van der Waals surface area contributed by atoms with Crippen LogP contribution < -0.4 is 10.5 Å². The predicted octanol–water partition coefficient (Wildman–Crippen LogP) is 2.31. The molecular formula is C11H20FNSi2. The zero-order valence-electron chi connectivity index (χ0n) is 10.5. The Hall–Kier alpha value is -0.486. The molecule has 0 bridgehead atoms. The van der Waals surface area contributed by atoms with E-state index in [1.165, 1.54) is 0 Å². The van der Waals surface area contributed by atoms with E-state index in [1.54, 1.807) is 6.20 Å². The topological polar surface area (TPSA) is 12.9 Å². The SMILES string of the molecule is C[Si](C)(C)c1ccnc([Si](C)(C)C)c1F. The quantitative estimate of drug-likeness (QED) is 0.724. The van der Waals surface area contributed by atoms with Crippen molar-refractivity contribution in [2.75, 3.05) is 0 Å². The van der Waals surface area contributed by atoms with Gasteiger partial charge in [0.1, 0.15) is 13.9 Å². The van der Waals surface area contributed by atoms with Crippen LogP contribution in [0, 0.1) is 5.82 Å². The van der Waals surface area contributed by atoms with E-state index in [-0.39, 0.29) is 5.82 Å². The normalized spacial score (nSPS) is 13.0. The van der Waals surface area contributed by atoms with Crippen LogP contribution in [0.15, 0.2) is 12.3 Å². The Morgan fingerprint density at radius 1 is 1.00 bits per heavy atom. The van der Waals surface area contributed by atoms with Gasteiger partial charge in [-0.3, -0.25) is 4.98 Å². The van der Waals surface area contributed by atoms with Crippen LogP contribution in [0.4, 0.5) is 4.39 Å². The van der Waals surface area contributed by atoms with Gasteiger partial charge in [-0.1, -0.05) is 39.3 Å². The summed E-state index contributed by atoms with van der Waals surface area (Å²) in [6, 6.07) is 1.85. The molecule has 0 N–H and O–H groups in total. The first-order valence-electron chi connectivity index (χ1n) is 5.29. The number of hydrogen-bond acceptors (Lipinski definition) is 1. The summed E-state index contributed by atoms with van der Waals surface area (Å²) in [5.74, 6) is -0.0316. The van der Waals surface area contributed by atoms with E-state index in [9.17, 15) is 4.39 Å². The van der Waals surface area contributed by atoms with Gasteiger partial charge in [-0.2, -0.15) is 0 Å². The van der Waals surface area contributed by atoms with Gasteiger partial charge in [-0.25, -0.2) is 4.39 Å². The lowest BCUT2D eigenvalue weighted by Crippen LogP contribution is -2.50. The molecule has 0 saturated heterocycles. The van der Waals surface area contributed by atoms with E-state index in [1.807, 2.05) is 6.07 Å². The first-order chi connectivity index (χ1) is 6.64. The molecule has 0 spiro atoms. The Balaban J connectivity index is 3.37. The molecule has 1 rings (SSSR count). The average Bonchev–Trinajstić information content (AvgIpc) is 1.99. The molecule has 0 amide bonds. The molecule has 0 fully saturated rings. The first-order valence-corrected chi connectivity index (χ1v) is 12.3. The molecule has 1 aromatic rings. The van der Waals surface area contributed by atoms with E-state index >= 15 is 0 Å². The van der Waals surface area contributed by atoms with Crippen LogP contribution in [-0.2, 0) is 0 Å². The molecule has 1 nitrogen and oxygen atoms in total. The van der Waals surface area contributed by atoms with Gasteiger partial charge in [0.2, 0.25) is 0 Å². The van der Waals surface area contributed by atoms with Crippen LogP contribution in [-0.4, -0.2) is 21.1 Å². The Bertz CT molecular complexity index is 332. The van der Waals surface area contributed by atoms with E-state index in [2.05, 4.69) is 44.3 Å². The fourth-order valence-corrected chi connectivity index (χ4v) is 4.28. The van der Waals surface area contributed by atoms with Gasteiger partial charge >= 0.3 is 0 Å². The van der Waals surface area contributed by atoms with Gasteiger partial charge in [0.05, 0.1) is 13.4 Å². The van der Waals surface area contributed by atoms with Gasteiger partial charge in [-0.05, 0) is 11.3 Å². The smallest absolute Gasteiger partial charge is 0.139 e. The minimum Gasteiger partial charge on any atom is -0.263 e. The molecule has 0 aromatic carbocycles. The van der Waals surface area contributed by atoms with Crippen LogP contribution >= 0.6 is 0 Å². The Morgan fingerprint density at radius 2 is 1.53 bits per heavy atom. The molecule has 1 heterocycles. The summed E-state index contributed by atoms with van der Waals surface area (Å²) in [4.78, 5) is 4.23. The number of nitrogens with zero attached hydrogens (tertiary/aromatic N) is 1. The standard InChI is InChI=1S/C11H20FNSi2/c1-14(2,3)9-7-8-13-11(10(9)12)15(4,5)6/h7-8H,1-6H3. The van der Waals surface area contributed by atoms with E-state index in [0.29, 0.717) is 0 Å². The summed E-state index contributed by atoms with van der Waals surface area (Å²) in [5.41, 5.74) is 0. The fourth-order valence-electron chi connectivity index (χ4n) is 1.55. The van der Waals surface area contributed by atoms with Crippen LogP contribution in [0.5, 0.6) is 0 Å².